The van der Waals surface area contributed by atoms with Gasteiger partial charge in [-0.2, -0.15) is 0 Å². The lowest BCUT2D eigenvalue weighted by Gasteiger charge is -2.17. The number of hydrogen-bond acceptors (Lipinski definition) is 3. The van der Waals surface area contributed by atoms with Crippen molar-refractivity contribution in [3.8, 4) is 5.75 Å². The van der Waals surface area contributed by atoms with Gasteiger partial charge in [0.05, 0.1) is 6.10 Å². The third-order valence-corrected chi connectivity index (χ3v) is 3.51. The van der Waals surface area contributed by atoms with Gasteiger partial charge in [0.2, 0.25) is 0 Å². The number of benzene rings is 1. The molecule has 0 saturated heterocycles. The van der Waals surface area contributed by atoms with E-state index in [1.807, 2.05) is 24.3 Å². The van der Waals surface area contributed by atoms with Crippen LogP contribution in [0.2, 0.25) is 0 Å². The van der Waals surface area contributed by atoms with Crippen molar-refractivity contribution in [3.05, 3.63) is 24.3 Å². The number of aliphatic hydroxyl groups is 1. The van der Waals surface area contributed by atoms with Gasteiger partial charge >= 0.3 is 0 Å². The smallest absolute Gasteiger partial charge is 0.124 e. The first-order valence-corrected chi connectivity index (χ1v) is 6.51. The highest BCUT2D eigenvalue weighted by molar-refractivity contribution is 7.98. The van der Waals surface area contributed by atoms with Gasteiger partial charge in [0, 0.05) is 4.90 Å². The van der Waals surface area contributed by atoms with E-state index in [1.54, 1.807) is 11.8 Å². The molecule has 3 heteroatoms. The van der Waals surface area contributed by atoms with Crippen LogP contribution in [-0.2, 0) is 0 Å². The van der Waals surface area contributed by atoms with Crippen molar-refractivity contribution in [3.63, 3.8) is 0 Å². The molecule has 1 aliphatic rings. The fourth-order valence-electron chi connectivity index (χ4n) is 1.87. The summed E-state index contributed by atoms with van der Waals surface area (Å²) in [6.45, 7) is 0. The Morgan fingerprint density at radius 1 is 1.27 bits per heavy atom. The Labute approximate surface area is 94.6 Å². The van der Waals surface area contributed by atoms with Crippen molar-refractivity contribution in [1.82, 2.24) is 0 Å². The zero-order valence-corrected chi connectivity index (χ0v) is 9.67. The molecule has 0 heterocycles. The van der Waals surface area contributed by atoms with Crippen molar-refractivity contribution < 1.29 is 9.84 Å². The third-order valence-electron chi connectivity index (χ3n) is 2.76. The lowest BCUT2D eigenvalue weighted by Crippen LogP contribution is -2.25. The van der Waals surface area contributed by atoms with Crippen molar-refractivity contribution in [2.45, 2.75) is 36.4 Å². The molecule has 0 aromatic heterocycles. The minimum absolute atomic E-state index is 0.00914. The maximum Gasteiger partial charge on any atom is 0.124 e. The molecule has 0 bridgehead atoms. The van der Waals surface area contributed by atoms with E-state index in [1.165, 1.54) is 4.90 Å². The van der Waals surface area contributed by atoms with Crippen molar-refractivity contribution in [2.24, 2.45) is 0 Å². The molecule has 2 rings (SSSR count). The van der Waals surface area contributed by atoms with Gasteiger partial charge in [0.1, 0.15) is 11.9 Å². The van der Waals surface area contributed by atoms with E-state index in [4.69, 9.17) is 4.74 Å². The first-order chi connectivity index (χ1) is 7.29. The van der Waals surface area contributed by atoms with Gasteiger partial charge in [-0.15, -0.1) is 11.8 Å². The normalized spacial score (nSPS) is 25.5. The Bertz CT molecular complexity index is 310. The van der Waals surface area contributed by atoms with E-state index in [0.29, 0.717) is 0 Å². The SMILES string of the molecule is CSc1ccc(O[C@H]2CCC[C@@H]2O)cc1. The summed E-state index contributed by atoms with van der Waals surface area (Å²) >= 11 is 1.72. The first-order valence-electron chi connectivity index (χ1n) is 5.28. The quantitative estimate of drug-likeness (QED) is 0.800. The lowest BCUT2D eigenvalue weighted by molar-refractivity contribution is 0.0604. The zero-order chi connectivity index (χ0) is 10.7. The van der Waals surface area contributed by atoms with Gasteiger partial charge in [-0.3, -0.25) is 0 Å². The summed E-state index contributed by atoms with van der Waals surface area (Å²) in [5.41, 5.74) is 0. The second-order valence-corrected chi connectivity index (χ2v) is 4.71. The highest BCUT2D eigenvalue weighted by Gasteiger charge is 2.26. The molecule has 0 radical (unpaired) electrons. The monoisotopic (exact) mass is 224 g/mol. The number of thioether (sulfide) groups is 1. The number of ether oxygens (including phenoxy) is 1. The van der Waals surface area contributed by atoms with Crippen LogP contribution < -0.4 is 4.74 Å². The van der Waals surface area contributed by atoms with Gasteiger partial charge < -0.3 is 9.84 Å². The molecule has 15 heavy (non-hydrogen) atoms. The van der Waals surface area contributed by atoms with Crippen LogP contribution in [0.4, 0.5) is 0 Å². The lowest BCUT2D eigenvalue weighted by atomic mass is 10.2. The molecule has 2 atom stereocenters. The molecule has 82 valence electrons. The molecule has 0 aliphatic heterocycles. The van der Waals surface area contributed by atoms with E-state index in [9.17, 15) is 5.11 Å². The standard InChI is InChI=1S/C12H16O2S/c1-15-10-7-5-9(6-8-10)14-12-4-2-3-11(12)13/h5-8,11-13H,2-4H2,1H3/t11-,12-/m0/s1. The Balaban J connectivity index is 1.98. The van der Waals surface area contributed by atoms with E-state index < -0.39 is 0 Å². The molecule has 2 nitrogen and oxygen atoms in total. The van der Waals surface area contributed by atoms with E-state index in [-0.39, 0.29) is 12.2 Å². The van der Waals surface area contributed by atoms with Crippen LogP contribution in [0.5, 0.6) is 5.75 Å². The van der Waals surface area contributed by atoms with E-state index in [2.05, 4.69) is 6.26 Å². The number of hydrogen-bond donors (Lipinski definition) is 1. The molecular formula is C12H16O2S. The summed E-state index contributed by atoms with van der Waals surface area (Å²) in [6, 6.07) is 8.02. The summed E-state index contributed by atoms with van der Waals surface area (Å²) < 4.78 is 5.73. The van der Waals surface area contributed by atoms with Gasteiger partial charge in [0.25, 0.3) is 0 Å². The average Bonchev–Trinajstić information content (AvgIpc) is 2.66. The Morgan fingerprint density at radius 2 is 2.00 bits per heavy atom. The molecule has 1 fully saturated rings. The Morgan fingerprint density at radius 3 is 2.53 bits per heavy atom. The Kier molecular flexibility index (Phi) is 3.54. The van der Waals surface area contributed by atoms with Gasteiger partial charge in [-0.1, -0.05) is 0 Å². The van der Waals surface area contributed by atoms with Crippen LogP contribution in [0.15, 0.2) is 29.2 Å². The van der Waals surface area contributed by atoms with Crippen LogP contribution in [-0.4, -0.2) is 23.6 Å². The van der Waals surface area contributed by atoms with Gasteiger partial charge in [0.15, 0.2) is 0 Å². The van der Waals surface area contributed by atoms with Crippen LogP contribution in [0.3, 0.4) is 0 Å². The molecule has 0 spiro atoms. The number of rotatable bonds is 3. The molecule has 1 N–H and O–H groups in total. The van der Waals surface area contributed by atoms with E-state index >= 15 is 0 Å². The highest BCUT2D eigenvalue weighted by Crippen LogP contribution is 2.26. The van der Waals surface area contributed by atoms with Crippen molar-refractivity contribution in [1.29, 1.82) is 0 Å². The summed E-state index contributed by atoms with van der Waals surface area (Å²) in [5, 5.41) is 9.62. The van der Waals surface area contributed by atoms with Crippen LogP contribution in [0.1, 0.15) is 19.3 Å². The molecule has 0 unspecified atom stereocenters. The maximum atomic E-state index is 9.62. The van der Waals surface area contributed by atoms with Gasteiger partial charge in [-0.25, -0.2) is 0 Å². The molecule has 1 aromatic carbocycles. The molecular weight excluding hydrogens is 208 g/mol. The van der Waals surface area contributed by atoms with Crippen LogP contribution >= 0.6 is 11.8 Å². The molecule has 1 aliphatic carbocycles. The predicted octanol–water partition coefficient (Wildman–Crippen LogP) is 2.70. The summed E-state index contributed by atoms with van der Waals surface area (Å²) in [7, 11) is 0. The van der Waals surface area contributed by atoms with Crippen LogP contribution in [0, 0.1) is 0 Å². The second-order valence-electron chi connectivity index (χ2n) is 3.83. The molecule has 0 amide bonds. The first kappa shape index (κ1) is 10.8. The largest absolute Gasteiger partial charge is 0.488 e. The van der Waals surface area contributed by atoms with E-state index in [0.717, 1.165) is 25.0 Å². The second kappa shape index (κ2) is 4.90. The minimum Gasteiger partial charge on any atom is -0.488 e. The molecule has 1 aromatic rings. The summed E-state index contributed by atoms with van der Waals surface area (Å²) in [4.78, 5) is 1.23. The summed E-state index contributed by atoms with van der Waals surface area (Å²) in [6.07, 6.45) is 4.65. The van der Waals surface area contributed by atoms with Crippen molar-refractivity contribution >= 4 is 11.8 Å². The molecule has 1 saturated carbocycles. The summed E-state index contributed by atoms with van der Waals surface area (Å²) in [5.74, 6) is 0.860. The minimum atomic E-state index is -0.287. The topological polar surface area (TPSA) is 29.5 Å². The average molecular weight is 224 g/mol. The Hall–Kier alpha value is -0.670. The third kappa shape index (κ3) is 2.67. The highest BCUT2D eigenvalue weighted by atomic mass is 32.2. The predicted molar refractivity (Wildman–Crippen MR) is 62.5 cm³/mol. The van der Waals surface area contributed by atoms with Crippen molar-refractivity contribution in [2.75, 3.05) is 6.26 Å². The maximum absolute atomic E-state index is 9.62. The van der Waals surface area contributed by atoms with Gasteiger partial charge in [-0.05, 0) is 49.8 Å². The number of aliphatic hydroxyl groups excluding tert-OH is 1. The van der Waals surface area contributed by atoms with Crippen LogP contribution in [0.25, 0.3) is 0 Å². The zero-order valence-electron chi connectivity index (χ0n) is 8.85. The fourth-order valence-corrected chi connectivity index (χ4v) is 2.28. The fraction of sp³-hybridized carbons (Fsp3) is 0.500.